The molecule has 0 aliphatic heterocycles. The average molecular weight is 283 g/mol. The third-order valence-electron chi connectivity index (χ3n) is 3.13. The van der Waals surface area contributed by atoms with Crippen LogP contribution in [0, 0.1) is 0 Å². The van der Waals surface area contributed by atoms with Crippen LogP contribution in [0.15, 0.2) is 12.1 Å². The van der Waals surface area contributed by atoms with E-state index in [9.17, 15) is 0 Å². The minimum Gasteiger partial charge on any atom is -0.496 e. The molecule has 5 nitrogen and oxygen atoms in total. The molecule has 0 fully saturated rings. The number of hydrogen-bond acceptors (Lipinski definition) is 5. The maximum atomic E-state index is 8.72. The SMILES string of the molecule is COc1cc(OC)c(CNCCCCCO)c(OC)c1. The van der Waals surface area contributed by atoms with Crippen molar-refractivity contribution in [2.75, 3.05) is 34.5 Å². The van der Waals surface area contributed by atoms with E-state index in [1.807, 2.05) is 12.1 Å². The van der Waals surface area contributed by atoms with Gasteiger partial charge in [-0.05, 0) is 25.8 Å². The molecular weight excluding hydrogens is 258 g/mol. The Morgan fingerprint density at radius 1 is 0.950 bits per heavy atom. The lowest BCUT2D eigenvalue weighted by Gasteiger charge is -2.15. The van der Waals surface area contributed by atoms with E-state index in [2.05, 4.69) is 5.32 Å². The summed E-state index contributed by atoms with van der Waals surface area (Å²) in [5.41, 5.74) is 0.984. The molecule has 0 bridgehead atoms. The van der Waals surface area contributed by atoms with Crippen LogP contribution in [0.1, 0.15) is 24.8 Å². The fraction of sp³-hybridized carbons (Fsp3) is 0.600. The molecule has 0 saturated carbocycles. The van der Waals surface area contributed by atoms with E-state index in [1.54, 1.807) is 21.3 Å². The Labute approximate surface area is 120 Å². The van der Waals surface area contributed by atoms with Crippen molar-refractivity contribution in [1.82, 2.24) is 5.32 Å². The molecule has 0 radical (unpaired) electrons. The molecule has 2 N–H and O–H groups in total. The molecule has 0 aromatic heterocycles. The van der Waals surface area contributed by atoms with Crippen molar-refractivity contribution in [3.8, 4) is 17.2 Å². The summed E-state index contributed by atoms with van der Waals surface area (Å²) in [5, 5.41) is 12.1. The van der Waals surface area contributed by atoms with E-state index in [1.165, 1.54) is 0 Å². The Bertz CT molecular complexity index is 370. The van der Waals surface area contributed by atoms with E-state index < -0.39 is 0 Å². The normalized spacial score (nSPS) is 10.4. The fourth-order valence-electron chi connectivity index (χ4n) is 2.00. The molecule has 0 saturated heterocycles. The zero-order valence-electron chi connectivity index (χ0n) is 12.6. The van der Waals surface area contributed by atoms with Gasteiger partial charge in [-0.2, -0.15) is 0 Å². The van der Waals surface area contributed by atoms with Gasteiger partial charge in [-0.1, -0.05) is 0 Å². The van der Waals surface area contributed by atoms with Crippen LogP contribution in [0.5, 0.6) is 17.2 Å². The molecule has 0 heterocycles. The van der Waals surface area contributed by atoms with Gasteiger partial charge in [0.2, 0.25) is 0 Å². The number of aliphatic hydroxyl groups excluding tert-OH is 1. The summed E-state index contributed by atoms with van der Waals surface area (Å²) in [7, 11) is 4.89. The van der Waals surface area contributed by atoms with Gasteiger partial charge in [0.25, 0.3) is 0 Å². The van der Waals surface area contributed by atoms with Crippen LogP contribution in [-0.2, 0) is 6.54 Å². The van der Waals surface area contributed by atoms with Gasteiger partial charge in [-0.3, -0.25) is 0 Å². The van der Waals surface area contributed by atoms with Gasteiger partial charge >= 0.3 is 0 Å². The molecule has 0 unspecified atom stereocenters. The number of hydrogen-bond donors (Lipinski definition) is 2. The molecule has 1 rings (SSSR count). The highest BCUT2D eigenvalue weighted by Gasteiger charge is 2.12. The predicted octanol–water partition coefficient (Wildman–Crippen LogP) is 1.96. The van der Waals surface area contributed by atoms with Crippen LogP contribution < -0.4 is 19.5 Å². The lowest BCUT2D eigenvalue weighted by Crippen LogP contribution is -2.16. The van der Waals surface area contributed by atoms with Crippen LogP contribution in [0.25, 0.3) is 0 Å². The van der Waals surface area contributed by atoms with Crippen molar-refractivity contribution >= 4 is 0 Å². The highest BCUT2D eigenvalue weighted by molar-refractivity contribution is 5.50. The standard InChI is InChI=1S/C15H25NO4/c1-18-12-9-14(19-2)13(15(10-12)20-3)11-16-7-5-4-6-8-17/h9-10,16-17H,4-8,11H2,1-3H3. The van der Waals surface area contributed by atoms with Crippen molar-refractivity contribution in [3.05, 3.63) is 17.7 Å². The Kier molecular flexibility index (Phi) is 7.84. The summed E-state index contributed by atoms with van der Waals surface area (Å²) in [4.78, 5) is 0. The highest BCUT2D eigenvalue weighted by atomic mass is 16.5. The minimum atomic E-state index is 0.264. The summed E-state index contributed by atoms with van der Waals surface area (Å²) in [6.45, 7) is 1.84. The molecule has 0 spiro atoms. The maximum Gasteiger partial charge on any atom is 0.130 e. The third-order valence-corrected chi connectivity index (χ3v) is 3.13. The Morgan fingerprint density at radius 2 is 1.60 bits per heavy atom. The van der Waals surface area contributed by atoms with Crippen molar-refractivity contribution < 1.29 is 19.3 Å². The summed E-state index contributed by atoms with van der Waals surface area (Å²) < 4.78 is 16.0. The monoisotopic (exact) mass is 283 g/mol. The zero-order chi connectivity index (χ0) is 14.8. The second-order valence-corrected chi connectivity index (χ2v) is 4.47. The topological polar surface area (TPSA) is 60.0 Å². The Morgan fingerprint density at radius 3 is 2.10 bits per heavy atom. The first-order valence-corrected chi connectivity index (χ1v) is 6.87. The number of rotatable bonds is 10. The Hall–Kier alpha value is -1.46. The molecule has 1 aromatic rings. The molecular formula is C15H25NO4. The van der Waals surface area contributed by atoms with Crippen LogP contribution >= 0.6 is 0 Å². The van der Waals surface area contributed by atoms with Crippen LogP contribution in [-0.4, -0.2) is 39.6 Å². The van der Waals surface area contributed by atoms with Crippen molar-refractivity contribution in [1.29, 1.82) is 0 Å². The highest BCUT2D eigenvalue weighted by Crippen LogP contribution is 2.33. The van der Waals surface area contributed by atoms with Gasteiger partial charge in [-0.15, -0.1) is 0 Å². The second kappa shape index (κ2) is 9.44. The number of methoxy groups -OCH3 is 3. The molecule has 1 aromatic carbocycles. The van der Waals surface area contributed by atoms with Crippen LogP contribution in [0.2, 0.25) is 0 Å². The minimum absolute atomic E-state index is 0.264. The van der Waals surface area contributed by atoms with Gasteiger partial charge in [0.05, 0.1) is 26.9 Å². The lowest BCUT2D eigenvalue weighted by molar-refractivity contribution is 0.283. The molecule has 5 heteroatoms. The number of benzene rings is 1. The second-order valence-electron chi connectivity index (χ2n) is 4.47. The van der Waals surface area contributed by atoms with Crippen molar-refractivity contribution in [2.45, 2.75) is 25.8 Å². The molecule has 0 aliphatic rings. The smallest absolute Gasteiger partial charge is 0.130 e. The Balaban J connectivity index is 2.63. The summed E-state index contributed by atoms with van der Waals surface area (Å²) in [5.74, 6) is 2.22. The van der Waals surface area contributed by atoms with E-state index in [-0.39, 0.29) is 6.61 Å². The number of nitrogens with one attached hydrogen (secondary N) is 1. The number of unbranched alkanes of at least 4 members (excludes halogenated alkanes) is 2. The first kappa shape index (κ1) is 16.6. The fourth-order valence-corrected chi connectivity index (χ4v) is 2.00. The maximum absolute atomic E-state index is 8.72. The first-order chi connectivity index (χ1) is 9.76. The molecule has 0 amide bonds. The molecule has 0 atom stereocenters. The molecule has 0 aliphatic carbocycles. The third kappa shape index (κ3) is 4.90. The van der Waals surface area contributed by atoms with E-state index in [0.717, 1.165) is 42.9 Å². The first-order valence-electron chi connectivity index (χ1n) is 6.87. The molecule has 20 heavy (non-hydrogen) atoms. The summed E-state index contributed by atoms with van der Waals surface area (Å²) in [6.07, 6.45) is 2.93. The predicted molar refractivity (Wildman–Crippen MR) is 78.7 cm³/mol. The van der Waals surface area contributed by atoms with Gasteiger partial charge in [0.15, 0.2) is 0 Å². The summed E-state index contributed by atoms with van der Waals surface area (Å²) >= 11 is 0. The lowest BCUT2D eigenvalue weighted by atomic mass is 10.1. The average Bonchev–Trinajstić information content (AvgIpc) is 2.50. The quantitative estimate of drug-likeness (QED) is 0.643. The number of aliphatic hydroxyl groups is 1. The van der Waals surface area contributed by atoms with Gasteiger partial charge in [-0.25, -0.2) is 0 Å². The van der Waals surface area contributed by atoms with E-state index in [0.29, 0.717) is 12.3 Å². The largest absolute Gasteiger partial charge is 0.496 e. The summed E-state index contributed by atoms with van der Waals surface area (Å²) in [6, 6.07) is 3.70. The van der Waals surface area contributed by atoms with Crippen LogP contribution in [0.4, 0.5) is 0 Å². The number of ether oxygens (including phenoxy) is 3. The van der Waals surface area contributed by atoms with Crippen molar-refractivity contribution in [3.63, 3.8) is 0 Å². The molecule has 114 valence electrons. The van der Waals surface area contributed by atoms with Gasteiger partial charge in [0.1, 0.15) is 17.2 Å². The zero-order valence-corrected chi connectivity index (χ0v) is 12.6. The van der Waals surface area contributed by atoms with E-state index in [4.69, 9.17) is 19.3 Å². The van der Waals surface area contributed by atoms with E-state index >= 15 is 0 Å². The van der Waals surface area contributed by atoms with Crippen LogP contribution in [0.3, 0.4) is 0 Å². The van der Waals surface area contributed by atoms with Gasteiger partial charge in [0, 0.05) is 25.3 Å². The van der Waals surface area contributed by atoms with Crippen molar-refractivity contribution in [2.24, 2.45) is 0 Å². The van der Waals surface area contributed by atoms with Gasteiger partial charge < -0.3 is 24.6 Å².